The van der Waals surface area contributed by atoms with Crippen LogP contribution >= 0.6 is 0 Å². The number of unbranched alkanes of at least 4 members (excludes halogenated alkanes) is 13. The number of pyridine rings is 1. The Bertz CT molecular complexity index is 1280. The second-order valence-corrected chi connectivity index (χ2v) is 12.5. The number of alkyl halides is 3. The van der Waals surface area contributed by atoms with Crippen molar-refractivity contribution in [2.24, 2.45) is 0 Å². The first-order valence-corrected chi connectivity index (χ1v) is 17.9. The van der Waals surface area contributed by atoms with Crippen molar-refractivity contribution in [3.63, 3.8) is 0 Å². The molecule has 1 aromatic heterocycles. The summed E-state index contributed by atoms with van der Waals surface area (Å²) in [6.45, 7) is 4.34. The van der Waals surface area contributed by atoms with Crippen molar-refractivity contribution in [3.05, 3.63) is 72.4 Å². The molecule has 0 aliphatic heterocycles. The first-order chi connectivity index (χ1) is 23.3. The minimum atomic E-state index is -4.33. The molecule has 0 saturated carbocycles. The van der Waals surface area contributed by atoms with Gasteiger partial charge in [-0.15, -0.1) is 0 Å². The van der Waals surface area contributed by atoms with E-state index in [0.29, 0.717) is 24.8 Å². The van der Waals surface area contributed by atoms with Crippen LogP contribution in [0.25, 0.3) is 22.4 Å². The van der Waals surface area contributed by atoms with Gasteiger partial charge < -0.3 is 14.2 Å². The highest BCUT2D eigenvalue weighted by atomic mass is 19.4. The molecule has 0 N–H and O–H groups in total. The largest absolute Gasteiger partial charge is 0.494 e. The summed E-state index contributed by atoms with van der Waals surface area (Å²) in [5.41, 5.74) is 4.24. The van der Waals surface area contributed by atoms with E-state index in [4.69, 9.17) is 14.2 Å². The molecule has 0 radical (unpaired) electrons. The summed E-state index contributed by atoms with van der Waals surface area (Å²) in [4.78, 5) is 17.0. The van der Waals surface area contributed by atoms with E-state index in [9.17, 15) is 18.0 Å². The normalized spacial score (nSPS) is 12.2. The van der Waals surface area contributed by atoms with Gasteiger partial charge in [0.15, 0.2) is 6.10 Å². The Hall–Kier alpha value is -3.39. The molecular weight excluding hydrogens is 615 g/mol. The van der Waals surface area contributed by atoms with Crippen molar-refractivity contribution >= 4 is 5.97 Å². The number of hydrogen-bond donors (Lipinski definition) is 0. The third-order valence-corrected chi connectivity index (χ3v) is 8.48. The molecule has 48 heavy (non-hydrogen) atoms. The molecule has 0 spiro atoms. The number of hydrogen-bond acceptors (Lipinski definition) is 5. The Kier molecular flexibility index (Phi) is 18.1. The molecule has 3 aromatic rings. The van der Waals surface area contributed by atoms with Crippen LogP contribution in [0.2, 0.25) is 0 Å². The van der Waals surface area contributed by atoms with Crippen LogP contribution in [0.15, 0.2) is 66.9 Å². The molecule has 0 saturated heterocycles. The lowest BCUT2D eigenvalue weighted by molar-refractivity contribution is -0.214. The minimum absolute atomic E-state index is 0.0620. The van der Waals surface area contributed by atoms with Crippen LogP contribution in [0, 0.1) is 0 Å². The van der Waals surface area contributed by atoms with Crippen LogP contribution in [0.1, 0.15) is 121 Å². The van der Waals surface area contributed by atoms with E-state index in [2.05, 4.69) is 24.0 Å². The number of aromatic nitrogens is 1. The molecule has 264 valence electrons. The Morgan fingerprint density at radius 2 is 1.17 bits per heavy atom. The Labute approximate surface area is 285 Å². The zero-order chi connectivity index (χ0) is 34.5. The van der Waals surface area contributed by atoms with Gasteiger partial charge in [0.1, 0.15) is 5.75 Å². The van der Waals surface area contributed by atoms with E-state index in [0.717, 1.165) is 54.5 Å². The first-order valence-electron chi connectivity index (χ1n) is 17.9. The number of carbonyl (C=O) groups excluding carboxylic acids is 1. The van der Waals surface area contributed by atoms with Gasteiger partial charge in [-0.3, -0.25) is 4.98 Å². The second-order valence-electron chi connectivity index (χ2n) is 12.5. The molecule has 1 unspecified atom stereocenters. The summed E-state index contributed by atoms with van der Waals surface area (Å²) in [7, 11) is 0. The molecular formula is C40H54F3NO4. The molecule has 5 nitrogen and oxygen atoms in total. The van der Waals surface area contributed by atoms with E-state index in [1.54, 1.807) is 12.1 Å². The van der Waals surface area contributed by atoms with Crippen molar-refractivity contribution in [2.75, 3.05) is 19.8 Å². The van der Waals surface area contributed by atoms with Crippen LogP contribution in [0.4, 0.5) is 13.2 Å². The van der Waals surface area contributed by atoms with Crippen LogP contribution in [-0.4, -0.2) is 43.1 Å². The monoisotopic (exact) mass is 669 g/mol. The van der Waals surface area contributed by atoms with Crippen LogP contribution in [0.3, 0.4) is 0 Å². The molecule has 2 aromatic carbocycles. The number of halogens is 3. The van der Waals surface area contributed by atoms with Gasteiger partial charge in [0, 0.05) is 23.9 Å². The fourth-order valence-corrected chi connectivity index (χ4v) is 5.37. The summed E-state index contributed by atoms with van der Waals surface area (Å²) in [6, 6.07) is 19.3. The van der Waals surface area contributed by atoms with Gasteiger partial charge >= 0.3 is 12.1 Å². The molecule has 1 heterocycles. The quantitative estimate of drug-likeness (QED) is 0.0702. The predicted octanol–water partition coefficient (Wildman–Crippen LogP) is 11.8. The summed E-state index contributed by atoms with van der Waals surface area (Å²) in [5, 5.41) is 0. The highest BCUT2D eigenvalue weighted by Gasteiger charge is 2.36. The topological polar surface area (TPSA) is 57.7 Å². The van der Waals surface area contributed by atoms with Crippen LogP contribution in [0.5, 0.6) is 5.75 Å². The van der Waals surface area contributed by atoms with Gasteiger partial charge in [0.05, 0.1) is 24.5 Å². The lowest BCUT2D eigenvalue weighted by Crippen LogP contribution is -2.28. The number of esters is 1. The van der Waals surface area contributed by atoms with E-state index in [1.807, 2.05) is 42.6 Å². The summed E-state index contributed by atoms with van der Waals surface area (Å²) < 4.78 is 53.4. The Balaban J connectivity index is 1.30. The Morgan fingerprint density at radius 1 is 0.646 bits per heavy atom. The van der Waals surface area contributed by atoms with Gasteiger partial charge in [-0.1, -0.05) is 108 Å². The second kappa shape index (κ2) is 22.3. The number of rotatable bonds is 24. The fourth-order valence-electron chi connectivity index (χ4n) is 5.37. The van der Waals surface area contributed by atoms with Crippen molar-refractivity contribution in [3.8, 4) is 28.1 Å². The third-order valence-electron chi connectivity index (χ3n) is 8.48. The SMILES string of the molecule is CCCCCCCCCCCCCOc1ccc(-c2ccc(-c3ccc(C(=O)OCCCCCCOC(C)C(F)(F)F)cc3)nc2)cc1. The zero-order valence-corrected chi connectivity index (χ0v) is 28.9. The maximum Gasteiger partial charge on any atom is 0.414 e. The maximum absolute atomic E-state index is 12.4. The number of nitrogens with zero attached hydrogens (tertiary/aromatic N) is 1. The molecule has 0 aliphatic carbocycles. The van der Waals surface area contributed by atoms with Crippen LogP contribution < -0.4 is 4.74 Å². The van der Waals surface area contributed by atoms with Gasteiger partial charge in [-0.25, -0.2) is 4.79 Å². The highest BCUT2D eigenvalue weighted by Crippen LogP contribution is 2.26. The molecule has 3 rings (SSSR count). The lowest BCUT2D eigenvalue weighted by atomic mass is 10.0. The van der Waals surface area contributed by atoms with E-state index in [1.165, 1.54) is 64.2 Å². The van der Waals surface area contributed by atoms with Crippen LogP contribution in [-0.2, 0) is 9.47 Å². The molecule has 0 fully saturated rings. The molecule has 0 aliphatic rings. The molecule has 8 heteroatoms. The van der Waals surface area contributed by atoms with Gasteiger partial charge in [0.25, 0.3) is 0 Å². The van der Waals surface area contributed by atoms with E-state index < -0.39 is 18.2 Å². The van der Waals surface area contributed by atoms with E-state index >= 15 is 0 Å². The third kappa shape index (κ3) is 15.2. The van der Waals surface area contributed by atoms with Gasteiger partial charge in [-0.2, -0.15) is 13.2 Å². The molecule has 0 amide bonds. The number of ether oxygens (including phenoxy) is 3. The van der Waals surface area contributed by atoms with Gasteiger partial charge in [0.2, 0.25) is 0 Å². The fraction of sp³-hybridized carbons (Fsp3) is 0.550. The average Bonchev–Trinajstić information content (AvgIpc) is 3.09. The predicted molar refractivity (Wildman–Crippen MR) is 187 cm³/mol. The van der Waals surface area contributed by atoms with Crippen molar-refractivity contribution in [1.82, 2.24) is 4.98 Å². The summed E-state index contributed by atoms with van der Waals surface area (Å²) >= 11 is 0. The van der Waals surface area contributed by atoms with Crippen molar-refractivity contribution in [2.45, 2.75) is 122 Å². The first kappa shape index (κ1) is 39.1. The minimum Gasteiger partial charge on any atom is -0.494 e. The van der Waals surface area contributed by atoms with Crippen molar-refractivity contribution < 1.29 is 32.2 Å². The number of carbonyl (C=O) groups is 1. The van der Waals surface area contributed by atoms with Gasteiger partial charge in [-0.05, 0) is 68.5 Å². The number of benzene rings is 2. The maximum atomic E-state index is 12.4. The standard InChI is InChI=1S/C40H54F3NO4/c1-3-4-5-6-7-8-9-10-11-12-16-29-47-37-25-22-33(23-26-37)36-24-27-38(44-31-36)34-18-20-35(21-19-34)39(45)48-30-17-14-13-15-28-46-32(2)40(41,42)43/h18-27,31-32H,3-17,28-30H2,1-2H3. The van der Waals surface area contributed by atoms with Crippen molar-refractivity contribution in [1.29, 1.82) is 0 Å². The highest BCUT2D eigenvalue weighted by molar-refractivity contribution is 5.90. The Morgan fingerprint density at radius 3 is 1.73 bits per heavy atom. The summed E-state index contributed by atoms with van der Waals surface area (Å²) in [5.74, 6) is 0.482. The average molecular weight is 670 g/mol. The van der Waals surface area contributed by atoms with E-state index in [-0.39, 0.29) is 13.2 Å². The summed E-state index contributed by atoms with van der Waals surface area (Å²) in [6.07, 6.45) is 12.9. The molecule has 1 atom stereocenters. The lowest BCUT2D eigenvalue weighted by Gasteiger charge is -2.16. The smallest absolute Gasteiger partial charge is 0.414 e. The zero-order valence-electron chi connectivity index (χ0n) is 28.9. The molecule has 0 bridgehead atoms.